The predicted molar refractivity (Wildman–Crippen MR) is 79.9 cm³/mol. The zero-order valence-electron chi connectivity index (χ0n) is 13.0. The molecule has 1 rings (SSSR count). The molecule has 1 fully saturated rings. The molecule has 1 heterocycles. The van der Waals surface area contributed by atoms with E-state index in [-0.39, 0.29) is 11.9 Å². The highest BCUT2D eigenvalue weighted by Crippen LogP contribution is 2.18. The van der Waals surface area contributed by atoms with Crippen LogP contribution in [-0.4, -0.2) is 42.0 Å². The van der Waals surface area contributed by atoms with Gasteiger partial charge in [-0.15, -0.1) is 0 Å². The summed E-state index contributed by atoms with van der Waals surface area (Å²) in [5.41, 5.74) is 4.97. The van der Waals surface area contributed by atoms with E-state index in [2.05, 4.69) is 17.1 Å². The van der Waals surface area contributed by atoms with Crippen LogP contribution in [0.25, 0.3) is 0 Å². The Hall–Kier alpha value is -0.610. The Kier molecular flexibility index (Phi) is 6.27. The molecule has 0 saturated carbocycles. The average molecular weight is 269 g/mol. The largest absolute Gasteiger partial charge is 0.368 e. The maximum absolute atomic E-state index is 11.6. The summed E-state index contributed by atoms with van der Waals surface area (Å²) in [6.07, 6.45) is 4.34. The van der Waals surface area contributed by atoms with Gasteiger partial charge in [0.2, 0.25) is 5.91 Å². The molecule has 0 aromatic carbocycles. The topological polar surface area (TPSA) is 58.4 Å². The number of carbonyl (C=O) groups excluding carboxylic acids is 1. The molecule has 4 nitrogen and oxygen atoms in total. The molecule has 1 aliphatic rings. The third-order valence-corrected chi connectivity index (χ3v) is 4.06. The minimum Gasteiger partial charge on any atom is -0.368 e. The van der Waals surface area contributed by atoms with Crippen molar-refractivity contribution in [1.82, 2.24) is 10.2 Å². The summed E-state index contributed by atoms with van der Waals surface area (Å²) >= 11 is 0. The van der Waals surface area contributed by atoms with Gasteiger partial charge in [0.05, 0.1) is 5.54 Å². The first-order valence-corrected chi connectivity index (χ1v) is 7.63. The van der Waals surface area contributed by atoms with Gasteiger partial charge in [-0.1, -0.05) is 6.92 Å². The molecule has 1 amide bonds. The molecule has 2 atom stereocenters. The van der Waals surface area contributed by atoms with Crippen molar-refractivity contribution in [3.05, 3.63) is 0 Å². The Morgan fingerprint density at radius 2 is 2.16 bits per heavy atom. The van der Waals surface area contributed by atoms with E-state index in [1.807, 2.05) is 20.8 Å². The summed E-state index contributed by atoms with van der Waals surface area (Å²) in [4.78, 5) is 14.1. The Morgan fingerprint density at radius 3 is 2.63 bits per heavy atom. The van der Waals surface area contributed by atoms with Gasteiger partial charge < -0.3 is 16.0 Å². The predicted octanol–water partition coefficient (Wildman–Crippen LogP) is 1.74. The number of carbonyl (C=O) groups is 1. The van der Waals surface area contributed by atoms with Crippen LogP contribution in [0.2, 0.25) is 0 Å². The van der Waals surface area contributed by atoms with E-state index in [1.54, 1.807) is 0 Å². The number of likely N-dealkylation sites (tertiary alicyclic amines) is 1. The Morgan fingerprint density at radius 1 is 1.47 bits per heavy atom. The van der Waals surface area contributed by atoms with Crippen LogP contribution in [0, 0.1) is 5.92 Å². The summed E-state index contributed by atoms with van der Waals surface area (Å²) in [5.74, 6) is 0.606. The second kappa shape index (κ2) is 7.25. The number of nitrogens with two attached hydrogens (primary N) is 1. The van der Waals surface area contributed by atoms with Crippen molar-refractivity contribution in [2.45, 2.75) is 65.0 Å². The van der Waals surface area contributed by atoms with E-state index in [0.717, 1.165) is 31.7 Å². The molecule has 4 heteroatoms. The van der Waals surface area contributed by atoms with Gasteiger partial charge in [0.1, 0.15) is 0 Å². The summed E-state index contributed by atoms with van der Waals surface area (Å²) in [6, 6.07) is 0.275. The number of rotatable bonds is 8. The standard InChI is InChI=1S/C15H31N3O/c1-12(2)17-15(4,14(16)19)8-5-6-9-18-10-7-13(3)11-18/h12-13,17H,5-11H2,1-4H3,(H2,16,19). The highest BCUT2D eigenvalue weighted by molar-refractivity contribution is 5.84. The van der Waals surface area contributed by atoms with Crippen LogP contribution in [0.3, 0.4) is 0 Å². The third-order valence-electron chi connectivity index (χ3n) is 4.06. The fourth-order valence-corrected chi connectivity index (χ4v) is 2.95. The number of hydrogen-bond acceptors (Lipinski definition) is 3. The van der Waals surface area contributed by atoms with Gasteiger partial charge in [0.25, 0.3) is 0 Å². The first-order chi connectivity index (χ1) is 8.83. The van der Waals surface area contributed by atoms with Crippen LogP contribution in [-0.2, 0) is 4.79 Å². The van der Waals surface area contributed by atoms with Gasteiger partial charge in [-0.3, -0.25) is 4.79 Å². The summed E-state index contributed by atoms with van der Waals surface area (Å²) in [5, 5.41) is 3.30. The normalized spacial score (nSPS) is 23.7. The maximum Gasteiger partial charge on any atom is 0.237 e. The van der Waals surface area contributed by atoms with Crippen LogP contribution in [0.15, 0.2) is 0 Å². The molecule has 0 spiro atoms. The minimum absolute atomic E-state index is 0.240. The van der Waals surface area contributed by atoms with Crippen LogP contribution in [0.4, 0.5) is 0 Å². The van der Waals surface area contributed by atoms with Crippen molar-refractivity contribution in [2.24, 2.45) is 11.7 Å². The van der Waals surface area contributed by atoms with Gasteiger partial charge in [-0.05, 0) is 65.5 Å². The van der Waals surface area contributed by atoms with Crippen molar-refractivity contribution in [3.8, 4) is 0 Å². The molecule has 0 aliphatic carbocycles. The van der Waals surface area contributed by atoms with Crippen molar-refractivity contribution >= 4 is 5.91 Å². The molecule has 0 radical (unpaired) electrons. The van der Waals surface area contributed by atoms with Crippen LogP contribution in [0.1, 0.15) is 53.4 Å². The van der Waals surface area contributed by atoms with E-state index >= 15 is 0 Å². The lowest BCUT2D eigenvalue weighted by molar-refractivity contribution is -0.124. The van der Waals surface area contributed by atoms with Crippen molar-refractivity contribution < 1.29 is 4.79 Å². The lowest BCUT2D eigenvalue weighted by Gasteiger charge is -2.30. The molecule has 0 bridgehead atoms. The first-order valence-electron chi connectivity index (χ1n) is 7.63. The van der Waals surface area contributed by atoms with Gasteiger partial charge in [-0.25, -0.2) is 0 Å². The van der Waals surface area contributed by atoms with Gasteiger partial charge >= 0.3 is 0 Å². The van der Waals surface area contributed by atoms with Gasteiger partial charge in [0.15, 0.2) is 0 Å². The molecule has 1 aliphatic heterocycles. The van der Waals surface area contributed by atoms with E-state index in [1.165, 1.54) is 19.5 Å². The second-order valence-corrected chi connectivity index (χ2v) is 6.65. The fourth-order valence-electron chi connectivity index (χ4n) is 2.95. The number of amides is 1. The first kappa shape index (κ1) is 16.4. The van der Waals surface area contributed by atoms with Crippen LogP contribution in [0.5, 0.6) is 0 Å². The minimum atomic E-state index is -0.563. The van der Waals surface area contributed by atoms with Crippen molar-refractivity contribution in [3.63, 3.8) is 0 Å². The quantitative estimate of drug-likeness (QED) is 0.660. The third kappa shape index (κ3) is 5.49. The maximum atomic E-state index is 11.6. The smallest absolute Gasteiger partial charge is 0.237 e. The van der Waals surface area contributed by atoms with E-state index in [0.29, 0.717) is 0 Å². The molecule has 3 N–H and O–H groups in total. The lowest BCUT2D eigenvalue weighted by Crippen LogP contribution is -2.55. The van der Waals surface area contributed by atoms with E-state index in [9.17, 15) is 4.79 Å². The molecule has 1 saturated heterocycles. The number of primary amides is 1. The number of hydrogen-bond donors (Lipinski definition) is 2. The molecular weight excluding hydrogens is 238 g/mol. The number of unbranched alkanes of at least 4 members (excludes halogenated alkanes) is 1. The zero-order valence-corrected chi connectivity index (χ0v) is 13.0. The molecular formula is C15H31N3O. The molecule has 0 aromatic rings. The van der Waals surface area contributed by atoms with Gasteiger partial charge in [0, 0.05) is 12.6 Å². The molecule has 19 heavy (non-hydrogen) atoms. The molecule has 2 unspecified atom stereocenters. The molecule has 0 aromatic heterocycles. The summed E-state index contributed by atoms with van der Waals surface area (Å²) in [7, 11) is 0. The Bertz CT molecular complexity index is 293. The van der Waals surface area contributed by atoms with E-state index in [4.69, 9.17) is 5.73 Å². The highest BCUT2D eigenvalue weighted by atomic mass is 16.1. The summed E-state index contributed by atoms with van der Waals surface area (Å²) < 4.78 is 0. The average Bonchev–Trinajstić information content (AvgIpc) is 2.69. The lowest BCUT2D eigenvalue weighted by atomic mass is 9.93. The monoisotopic (exact) mass is 269 g/mol. The van der Waals surface area contributed by atoms with Crippen molar-refractivity contribution in [2.75, 3.05) is 19.6 Å². The molecule has 112 valence electrons. The van der Waals surface area contributed by atoms with Crippen LogP contribution < -0.4 is 11.1 Å². The SMILES string of the molecule is CC1CCN(CCCCC(C)(NC(C)C)C(N)=O)C1. The van der Waals surface area contributed by atoms with Crippen molar-refractivity contribution in [1.29, 1.82) is 0 Å². The second-order valence-electron chi connectivity index (χ2n) is 6.65. The Balaban J connectivity index is 2.27. The van der Waals surface area contributed by atoms with Gasteiger partial charge in [-0.2, -0.15) is 0 Å². The number of nitrogens with zero attached hydrogens (tertiary/aromatic N) is 1. The van der Waals surface area contributed by atoms with Crippen LogP contribution >= 0.6 is 0 Å². The fraction of sp³-hybridized carbons (Fsp3) is 0.933. The highest BCUT2D eigenvalue weighted by Gasteiger charge is 2.30. The van der Waals surface area contributed by atoms with E-state index < -0.39 is 5.54 Å². The Labute approximate surface area is 118 Å². The summed E-state index contributed by atoms with van der Waals surface area (Å²) in [6.45, 7) is 12.0. The zero-order chi connectivity index (χ0) is 14.5. The number of nitrogens with one attached hydrogen (secondary N) is 1.